The fourth-order valence-corrected chi connectivity index (χ4v) is 5.40. The molecule has 8 nitrogen and oxygen atoms in total. The van der Waals surface area contributed by atoms with E-state index in [1.807, 2.05) is 0 Å². The summed E-state index contributed by atoms with van der Waals surface area (Å²) in [6, 6.07) is 11.4. The molecule has 1 fully saturated rings. The van der Waals surface area contributed by atoms with Gasteiger partial charge in [0, 0.05) is 25.1 Å². The van der Waals surface area contributed by atoms with E-state index in [0.717, 1.165) is 17.7 Å². The molecule has 0 unspecified atom stereocenters. The average Bonchev–Trinajstić information content (AvgIpc) is 3.30. The maximum atomic E-state index is 12.8. The summed E-state index contributed by atoms with van der Waals surface area (Å²) in [5.41, 5.74) is 1.47. The fourth-order valence-electron chi connectivity index (χ4n) is 3.93. The Morgan fingerprint density at radius 3 is 2.50 bits per heavy atom. The number of esters is 1. The van der Waals surface area contributed by atoms with Gasteiger partial charge < -0.3 is 14.2 Å². The van der Waals surface area contributed by atoms with Gasteiger partial charge in [0.15, 0.2) is 12.4 Å². The van der Waals surface area contributed by atoms with Crippen LogP contribution in [-0.4, -0.2) is 57.9 Å². The third-order valence-electron chi connectivity index (χ3n) is 5.84. The minimum Gasteiger partial charge on any atom is -0.497 e. The van der Waals surface area contributed by atoms with Crippen LogP contribution in [0.3, 0.4) is 0 Å². The summed E-state index contributed by atoms with van der Waals surface area (Å²) < 4.78 is 42.8. The van der Waals surface area contributed by atoms with Gasteiger partial charge >= 0.3 is 5.97 Å². The van der Waals surface area contributed by atoms with E-state index in [9.17, 15) is 18.0 Å². The van der Waals surface area contributed by atoms with Gasteiger partial charge in [0.05, 0.1) is 24.5 Å². The van der Waals surface area contributed by atoms with E-state index in [2.05, 4.69) is 0 Å². The van der Waals surface area contributed by atoms with Crippen molar-refractivity contribution >= 4 is 21.8 Å². The van der Waals surface area contributed by atoms with Crippen molar-refractivity contribution in [3.63, 3.8) is 0 Å². The van der Waals surface area contributed by atoms with Crippen molar-refractivity contribution in [2.24, 2.45) is 5.92 Å². The highest BCUT2D eigenvalue weighted by molar-refractivity contribution is 7.89. The van der Waals surface area contributed by atoms with Crippen LogP contribution in [0, 0.1) is 5.92 Å². The molecule has 2 aliphatic heterocycles. The van der Waals surface area contributed by atoms with E-state index in [1.165, 1.54) is 23.5 Å². The number of Topliss-reactive ketones (excluding diaryl/α,β-unsaturated/α-hetero) is 1. The first-order chi connectivity index (χ1) is 15.4. The summed E-state index contributed by atoms with van der Waals surface area (Å²) in [7, 11) is -2.13. The number of carbonyl (C=O) groups is 2. The predicted molar refractivity (Wildman–Crippen MR) is 115 cm³/mol. The SMILES string of the molecule is COc1ccc(S(=O)(=O)N2CCC(C(=O)OCC(=O)c3ccc4c(c3)CCO4)CC2)cc1. The molecule has 0 aliphatic carbocycles. The van der Waals surface area contributed by atoms with E-state index >= 15 is 0 Å². The highest BCUT2D eigenvalue weighted by Gasteiger charge is 2.33. The number of methoxy groups -OCH3 is 1. The summed E-state index contributed by atoms with van der Waals surface area (Å²) >= 11 is 0. The van der Waals surface area contributed by atoms with Crippen LogP contribution in [-0.2, 0) is 26.0 Å². The predicted octanol–water partition coefficient (Wildman–Crippen LogP) is 2.46. The minimum absolute atomic E-state index is 0.185. The van der Waals surface area contributed by atoms with Crippen LogP contribution in [0.15, 0.2) is 47.4 Å². The number of carbonyl (C=O) groups excluding carboxylic acids is 2. The second-order valence-electron chi connectivity index (χ2n) is 7.81. The van der Waals surface area contributed by atoms with Crippen LogP contribution >= 0.6 is 0 Å². The third kappa shape index (κ3) is 4.63. The molecule has 2 aromatic carbocycles. The highest BCUT2D eigenvalue weighted by Crippen LogP contribution is 2.27. The van der Waals surface area contributed by atoms with Crippen LogP contribution in [0.25, 0.3) is 0 Å². The van der Waals surface area contributed by atoms with Gasteiger partial charge in [-0.25, -0.2) is 8.42 Å². The molecule has 0 N–H and O–H groups in total. The summed E-state index contributed by atoms with van der Waals surface area (Å²) in [6.45, 7) is 0.706. The molecule has 2 aromatic rings. The quantitative estimate of drug-likeness (QED) is 0.463. The average molecular weight is 460 g/mol. The van der Waals surface area contributed by atoms with Crippen molar-refractivity contribution in [1.82, 2.24) is 4.31 Å². The molecule has 0 spiro atoms. The number of ketones is 1. The topological polar surface area (TPSA) is 99.2 Å². The van der Waals surface area contributed by atoms with Crippen LogP contribution in [0.1, 0.15) is 28.8 Å². The van der Waals surface area contributed by atoms with Crippen molar-refractivity contribution in [2.75, 3.05) is 33.4 Å². The molecule has 2 aliphatic rings. The zero-order valence-electron chi connectivity index (χ0n) is 17.8. The van der Waals surface area contributed by atoms with E-state index in [1.54, 1.807) is 30.3 Å². The van der Waals surface area contributed by atoms with E-state index in [-0.39, 0.29) is 30.4 Å². The van der Waals surface area contributed by atoms with Gasteiger partial charge in [-0.2, -0.15) is 4.31 Å². The molecule has 4 rings (SSSR count). The molecular weight excluding hydrogens is 434 g/mol. The first-order valence-corrected chi connectivity index (χ1v) is 11.9. The smallest absolute Gasteiger partial charge is 0.309 e. The number of rotatable bonds is 7. The normalized spacial score (nSPS) is 16.8. The van der Waals surface area contributed by atoms with Crippen LogP contribution in [0.5, 0.6) is 11.5 Å². The summed E-state index contributed by atoms with van der Waals surface area (Å²) in [5.74, 6) is 0.193. The molecule has 9 heteroatoms. The Labute approximate surface area is 187 Å². The summed E-state index contributed by atoms with van der Waals surface area (Å²) in [5, 5.41) is 0. The first kappa shape index (κ1) is 22.3. The molecule has 0 aromatic heterocycles. The Morgan fingerprint density at radius 2 is 1.81 bits per heavy atom. The van der Waals surface area contributed by atoms with Crippen LogP contribution in [0.4, 0.5) is 0 Å². The second-order valence-corrected chi connectivity index (χ2v) is 9.74. The Balaban J connectivity index is 1.29. The van der Waals surface area contributed by atoms with Crippen molar-refractivity contribution in [3.8, 4) is 11.5 Å². The van der Waals surface area contributed by atoms with E-state index < -0.39 is 21.9 Å². The molecule has 170 valence electrons. The molecule has 32 heavy (non-hydrogen) atoms. The number of hydrogen-bond acceptors (Lipinski definition) is 7. The summed E-state index contributed by atoms with van der Waals surface area (Å²) in [4.78, 5) is 25.0. The number of sulfonamides is 1. The van der Waals surface area contributed by atoms with Gasteiger partial charge in [0.25, 0.3) is 0 Å². The van der Waals surface area contributed by atoms with Crippen molar-refractivity contribution < 1.29 is 32.2 Å². The molecule has 0 atom stereocenters. The zero-order chi connectivity index (χ0) is 22.7. The Hall–Kier alpha value is -2.91. The van der Waals surface area contributed by atoms with Gasteiger partial charge in [0.1, 0.15) is 11.5 Å². The Bertz CT molecular complexity index is 1100. The maximum Gasteiger partial charge on any atom is 0.309 e. The molecular formula is C23H25NO7S. The first-order valence-electron chi connectivity index (χ1n) is 10.5. The zero-order valence-corrected chi connectivity index (χ0v) is 18.6. The number of piperidine rings is 1. The molecule has 0 amide bonds. The highest BCUT2D eigenvalue weighted by atomic mass is 32.2. The standard InChI is InChI=1S/C23H25NO7S/c1-29-19-3-5-20(6-4-19)32(27,28)24-11-8-16(9-12-24)23(26)31-15-21(25)17-2-7-22-18(14-17)10-13-30-22/h2-7,14,16H,8-13,15H2,1H3. The molecule has 0 bridgehead atoms. The second kappa shape index (κ2) is 9.30. The molecule has 0 radical (unpaired) electrons. The fraction of sp³-hybridized carbons (Fsp3) is 0.391. The van der Waals surface area contributed by atoms with Gasteiger partial charge in [-0.1, -0.05) is 0 Å². The van der Waals surface area contributed by atoms with Crippen molar-refractivity contribution in [2.45, 2.75) is 24.2 Å². The molecule has 1 saturated heterocycles. The Kier molecular flexibility index (Phi) is 6.48. The monoisotopic (exact) mass is 459 g/mol. The van der Waals surface area contributed by atoms with Crippen molar-refractivity contribution in [3.05, 3.63) is 53.6 Å². The number of fused-ring (bicyclic) bond motifs is 1. The van der Waals surface area contributed by atoms with Crippen molar-refractivity contribution in [1.29, 1.82) is 0 Å². The number of hydrogen-bond donors (Lipinski definition) is 0. The molecule has 2 heterocycles. The maximum absolute atomic E-state index is 12.8. The largest absolute Gasteiger partial charge is 0.497 e. The lowest BCUT2D eigenvalue weighted by Crippen LogP contribution is -2.40. The minimum atomic E-state index is -3.64. The van der Waals surface area contributed by atoms with Gasteiger partial charge in [-0.3, -0.25) is 9.59 Å². The van der Waals surface area contributed by atoms with E-state index in [4.69, 9.17) is 14.2 Å². The lowest BCUT2D eigenvalue weighted by atomic mass is 9.98. The summed E-state index contributed by atoms with van der Waals surface area (Å²) in [6.07, 6.45) is 1.45. The molecule has 0 saturated carbocycles. The van der Waals surface area contributed by atoms with Gasteiger partial charge in [0.2, 0.25) is 10.0 Å². The lowest BCUT2D eigenvalue weighted by Gasteiger charge is -2.30. The van der Waals surface area contributed by atoms with Gasteiger partial charge in [-0.05, 0) is 60.9 Å². The third-order valence-corrected chi connectivity index (χ3v) is 7.75. The van der Waals surface area contributed by atoms with Crippen LogP contribution in [0.2, 0.25) is 0 Å². The lowest BCUT2D eigenvalue weighted by molar-refractivity contribution is -0.148. The van der Waals surface area contributed by atoms with E-state index in [0.29, 0.717) is 30.8 Å². The Morgan fingerprint density at radius 1 is 1.09 bits per heavy atom. The van der Waals surface area contributed by atoms with Gasteiger partial charge in [-0.15, -0.1) is 0 Å². The number of benzene rings is 2. The number of nitrogens with zero attached hydrogens (tertiary/aromatic N) is 1. The van der Waals surface area contributed by atoms with Crippen LogP contribution < -0.4 is 9.47 Å². The number of ether oxygens (including phenoxy) is 3.